The Kier molecular flexibility index (Phi) is 2.91. The number of anilines is 1. The predicted molar refractivity (Wildman–Crippen MR) is 84.3 cm³/mol. The van der Waals surface area contributed by atoms with Gasteiger partial charge < -0.3 is 9.80 Å². The lowest BCUT2D eigenvalue weighted by Gasteiger charge is -2.33. The van der Waals surface area contributed by atoms with Gasteiger partial charge >= 0.3 is 0 Å². The molecule has 1 aromatic carbocycles. The second-order valence-electron chi connectivity index (χ2n) is 5.55. The van der Waals surface area contributed by atoms with Crippen LogP contribution in [0.25, 0.3) is 21.3 Å². The monoisotopic (exact) mass is 293 g/mol. The molecule has 1 aliphatic rings. The Labute approximate surface area is 127 Å². The quantitative estimate of drug-likeness (QED) is 0.638. The predicted octanol–water partition coefficient (Wildman–Crippen LogP) is 1.58. The molecule has 0 amide bonds. The lowest BCUT2D eigenvalue weighted by molar-refractivity contribution is 0.310. The molecule has 3 aromatic rings. The zero-order valence-corrected chi connectivity index (χ0v) is 12.3. The fourth-order valence-electron chi connectivity index (χ4n) is 2.83. The highest BCUT2D eigenvalue weighted by Gasteiger charge is 2.20. The van der Waals surface area contributed by atoms with Gasteiger partial charge in [-0.2, -0.15) is 4.52 Å². The van der Waals surface area contributed by atoms with E-state index >= 15 is 0 Å². The Hall–Kier alpha value is -2.72. The van der Waals surface area contributed by atoms with Crippen molar-refractivity contribution in [3.05, 3.63) is 35.8 Å². The Morgan fingerprint density at radius 1 is 1.18 bits per heavy atom. The van der Waals surface area contributed by atoms with Gasteiger partial charge in [-0.25, -0.2) is 9.83 Å². The minimum atomic E-state index is 0.602. The molecule has 0 saturated carbocycles. The van der Waals surface area contributed by atoms with Gasteiger partial charge in [0.05, 0.1) is 23.8 Å². The Morgan fingerprint density at radius 2 is 2.00 bits per heavy atom. The largest absolute Gasteiger partial charge is 0.338 e. The van der Waals surface area contributed by atoms with Gasteiger partial charge in [-0.05, 0) is 19.2 Å². The molecular weight excluding hydrogens is 278 g/mol. The summed E-state index contributed by atoms with van der Waals surface area (Å²) in [7, 11) is 2.13. The van der Waals surface area contributed by atoms with E-state index in [4.69, 9.17) is 11.6 Å². The smallest absolute Gasteiger partial charge is 0.229 e. The number of piperazine rings is 1. The van der Waals surface area contributed by atoms with Crippen LogP contribution in [0.3, 0.4) is 0 Å². The van der Waals surface area contributed by atoms with Crippen molar-refractivity contribution in [2.24, 2.45) is 0 Å². The van der Waals surface area contributed by atoms with Gasteiger partial charge in [0.1, 0.15) is 0 Å². The summed E-state index contributed by atoms with van der Waals surface area (Å²) in [4.78, 5) is 12.8. The zero-order chi connectivity index (χ0) is 15.1. The molecule has 0 aliphatic carbocycles. The van der Waals surface area contributed by atoms with Crippen molar-refractivity contribution in [2.75, 3.05) is 38.1 Å². The molecular formula is C15H15N7. The van der Waals surface area contributed by atoms with Crippen molar-refractivity contribution in [3.63, 3.8) is 0 Å². The molecule has 0 unspecified atom stereocenters. The van der Waals surface area contributed by atoms with Crippen molar-refractivity contribution in [3.8, 4) is 0 Å². The summed E-state index contributed by atoms with van der Waals surface area (Å²) in [6.07, 6.45) is 1.73. The van der Waals surface area contributed by atoms with Crippen LogP contribution >= 0.6 is 0 Å². The van der Waals surface area contributed by atoms with Gasteiger partial charge in [-0.1, -0.05) is 11.3 Å². The number of fused-ring (bicyclic) bond motifs is 3. The molecule has 0 bridgehead atoms. The van der Waals surface area contributed by atoms with Crippen LogP contribution in [-0.2, 0) is 0 Å². The van der Waals surface area contributed by atoms with Crippen LogP contribution in [0.2, 0.25) is 0 Å². The summed E-state index contributed by atoms with van der Waals surface area (Å²) in [6.45, 7) is 11.0. The van der Waals surface area contributed by atoms with Crippen LogP contribution in [0.4, 0.5) is 11.6 Å². The van der Waals surface area contributed by atoms with E-state index in [-0.39, 0.29) is 0 Å². The second kappa shape index (κ2) is 4.93. The molecule has 110 valence electrons. The minimum absolute atomic E-state index is 0.602. The average molecular weight is 293 g/mol. The molecule has 1 fully saturated rings. The molecule has 2 aromatic heterocycles. The van der Waals surface area contributed by atoms with E-state index in [0.717, 1.165) is 48.5 Å². The summed E-state index contributed by atoms with van der Waals surface area (Å²) in [5, 5.41) is 9.14. The van der Waals surface area contributed by atoms with E-state index in [2.05, 4.69) is 32.0 Å². The fourth-order valence-corrected chi connectivity index (χ4v) is 2.83. The van der Waals surface area contributed by atoms with Crippen LogP contribution in [0.5, 0.6) is 0 Å². The molecule has 4 rings (SSSR count). The second-order valence-corrected chi connectivity index (χ2v) is 5.55. The first-order valence-electron chi connectivity index (χ1n) is 7.21. The van der Waals surface area contributed by atoms with Gasteiger partial charge in [0.2, 0.25) is 5.95 Å². The number of benzene rings is 1. The van der Waals surface area contributed by atoms with Crippen LogP contribution in [0.15, 0.2) is 24.4 Å². The average Bonchev–Trinajstić information content (AvgIpc) is 3.04. The molecule has 3 heterocycles. The highest BCUT2D eigenvalue weighted by atomic mass is 15.5. The third-order valence-electron chi connectivity index (χ3n) is 4.13. The van der Waals surface area contributed by atoms with Gasteiger partial charge in [0.15, 0.2) is 5.69 Å². The number of hydrogen-bond acceptors (Lipinski definition) is 5. The summed E-state index contributed by atoms with van der Waals surface area (Å²) in [5.74, 6) is 0.823. The zero-order valence-electron chi connectivity index (χ0n) is 12.3. The third-order valence-corrected chi connectivity index (χ3v) is 4.13. The van der Waals surface area contributed by atoms with Crippen molar-refractivity contribution >= 4 is 28.1 Å². The molecule has 0 atom stereocenters. The van der Waals surface area contributed by atoms with E-state index in [9.17, 15) is 0 Å². The highest BCUT2D eigenvalue weighted by Crippen LogP contribution is 2.27. The van der Waals surface area contributed by atoms with Crippen LogP contribution in [0, 0.1) is 6.57 Å². The molecule has 0 N–H and O–H groups in total. The number of rotatable bonds is 1. The SMILES string of the molecule is [C-]#[N+]c1ccc2nc(N3CCN(C)CC3)n3nncc3c2c1. The van der Waals surface area contributed by atoms with Crippen molar-refractivity contribution in [1.82, 2.24) is 24.7 Å². The van der Waals surface area contributed by atoms with Gasteiger partial charge in [-0.3, -0.25) is 0 Å². The standard InChI is InChI=1S/C15H15N7/c1-16-11-3-4-13-12(9-11)14-10-17-19-22(14)15(18-13)21-7-5-20(2)6-8-21/h3-4,9-10H,5-8H2,2H3. The first-order chi connectivity index (χ1) is 10.8. The van der Waals surface area contributed by atoms with E-state index < -0.39 is 0 Å². The Morgan fingerprint density at radius 3 is 2.77 bits per heavy atom. The molecule has 22 heavy (non-hydrogen) atoms. The Balaban J connectivity index is 1.91. The maximum atomic E-state index is 7.17. The highest BCUT2D eigenvalue weighted by molar-refractivity contribution is 5.96. The summed E-state index contributed by atoms with van der Waals surface area (Å²) >= 11 is 0. The summed E-state index contributed by atoms with van der Waals surface area (Å²) in [5.41, 5.74) is 2.37. The van der Waals surface area contributed by atoms with E-state index in [0.29, 0.717) is 5.69 Å². The summed E-state index contributed by atoms with van der Waals surface area (Å²) < 4.78 is 1.78. The van der Waals surface area contributed by atoms with Crippen molar-refractivity contribution in [1.29, 1.82) is 0 Å². The van der Waals surface area contributed by atoms with Crippen LogP contribution < -0.4 is 4.90 Å². The number of nitrogens with zero attached hydrogens (tertiary/aromatic N) is 7. The van der Waals surface area contributed by atoms with Crippen LogP contribution in [-0.4, -0.2) is 57.9 Å². The number of likely N-dealkylation sites (N-methyl/N-ethyl adjacent to an activating group) is 1. The van der Waals surface area contributed by atoms with E-state index in [1.807, 2.05) is 12.1 Å². The van der Waals surface area contributed by atoms with E-state index in [1.165, 1.54) is 0 Å². The lowest BCUT2D eigenvalue weighted by atomic mass is 10.2. The minimum Gasteiger partial charge on any atom is -0.338 e. The van der Waals surface area contributed by atoms with Gasteiger partial charge in [0, 0.05) is 31.6 Å². The van der Waals surface area contributed by atoms with Crippen molar-refractivity contribution in [2.45, 2.75) is 0 Å². The first kappa shape index (κ1) is 13.0. The molecule has 1 aliphatic heterocycles. The molecule has 7 nitrogen and oxygen atoms in total. The lowest BCUT2D eigenvalue weighted by Crippen LogP contribution is -2.45. The van der Waals surface area contributed by atoms with Crippen LogP contribution in [0.1, 0.15) is 0 Å². The van der Waals surface area contributed by atoms with Gasteiger partial charge in [-0.15, -0.1) is 5.10 Å². The normalized spacial score (nSPS) is 16.3. The fraction of sp³-hybridized carbons (Fsp3) is 0.333. The first-order valence-corrected chi connectivity index (χ1v) is 7.21. The maximum absolute atomic E-state index is 7.17. The maximum Gasteiger partial charge on any atom is 0.229 e. The molecule has 7 heteroatoms. The topological polar surface area (TPSA) is 53.9 Å². The molecule has 0 radical (unpaired) electrons. The Bertz CT molecular complexity index is 884. The molecule has 1 saturated heterocycles. The number of hydrogen-bond donors (Lipinski definition) is 0. The van der Waals surface area contributed by atoms with Gasteiger partial charge in [0.25, 0.3) is 0 Å². The number of aromatic nitrogens is 4. The molecule has 0 spiro atoms. The van der Waals surface area contributed by atoms with E-state index in [1.54, 1.807) is 16.8 Å². The third kappa shape index (κ3) is 1.96. The summed E-state index contributed by atoms with van der Waals surface area (Å²) in [6, 6.07) is 5.55. The van der Waals surface area contributed by atoms with Crippen molar-refractivity contribution < 1.29 is 0 Å².